The molecule has 0 aliphatic carbocycles. The van der Waals surface area contributed by atoms with Crippen LogP contribution in [0.15, 0.2) is 36.4 Å². The van der Waals surface area contributed by atoms with Gasteiger partial charge in [-0.3, -0.25) is 0 Å². The molecule has 0 aromatic heterocycles. The molecule has 20 heavy (non-hydrogen) atoms. The Bertz CT molecular complexity index is 656. The number of esters is 1. The van der Waals surface area contributed by atoms with Crippen molar-refractivity contribution in [1.29, 1.82) is 0 Å². The van der Waals surface area contributed by atoms with Gasteiger partial charge < -0.3 is 15.8 Å². The summed E-state index contributed by atoms with van der Waals surface area (Å²) in [5.74, 6) is -0.948. The summed E-state index contributed by atoms with van der Waals surface area (Å²) in [7, 11) is 1.28. The minimum atomic E-state index is -0.535. The molecule has 0 amide bonds. The van der Waals surface area contributed by atoms with Crippen LogP contribution in [0.2, 0.25) is 0 Å². The van der Waals surface area contributed by atoms with Gasteiger partial charge in [0.05, 0.1) is 29.7 Å². The minimum Gasteiger partial charge on any atom is -0.465 e. The van der Waals surface area contributed by atoms with Gasteiger partial charge in [0.25, 0.3) is 0 Å². The molecule has 0 atom stereocenters. The van der Waals surface area contributed by atoms with Crippen molar-refractivity contribution in [2.45, 2.75) is 6.92 Å². The van der Waals surface area contributed by atoms with Crippen LogP contribution in [-0.4, -0.2) is 13.1 Å². The summed E-state index contributed by atoms with van der Waals surface area (Å²) < 4.78 is 18.6. The van der Waals surface area contributed by atoms with E-state index in [0.29, 0.717) is 11.4 Å². The third-order valence-corrected chi connectivity index (χ3v) is 2.89. The maximum atomic E-state index is 13.9. The molecule has 0 saturated carbocycles. The standard InChI is InChI=1S/C15H15FN2O2/c1-9-6-7-13(11(16)8-9)18-14-10(15(19)20-2)4-3-5-12(14)17/h3-8,18H,17H2,1-2H3. The van der Waals surface area contributed by atoms with Crippen molar-refractivity contribution in [3.63, 3.8) is 0 Å². The second-order valence-corrected chi connectivity index (χ2v) is 4.37. The smallest absolute Gasteiger partial charge is 0.340 e. The molecule has 0 aliphatic rings. The third-order valence-electron chi connectivity index (χ3n) is 2.89. The summed E-state index contributed by atoms with van der Waals surface area (Å²) in [6.07, 6.45) is 0. The van der Waals surface area contributed by atoms with E-state index in [-0.39, 0.29) is 11.3 Å². The van der Waals surface area contributed by atoms with Gasteiger partial charge in [0.2, 0.25) is 0 Å². The molecule has 0 aliphatic heterocycles. The van der Waals surface area contributed by atoms with Gasteiger partial charge in [-0.25, -0.2) is 9.18 Å². The SMILES string of the molecule is COC(=O)c1cccc(N)c1Nc1ccc(C)cc1F. The highest BCUT2D eigenvalue weighted by Gasteiger charge is 2.15. The number of benzene rings is 2. The molecule has 0 radical (unpaired) electrons. The van der Waals surface area contributed by atoms with E-state index in [0.717, 1.165) is 5.56 Å². The number of aryl methyl sites for hydroxylation is 1. The molecule has 2 aromatic carbocycles. The summed E-state index contributed by atoms with van der Waals surface area (Å²) in [5.41, 5.74) is 7.84. The predicted molar refractivity (Wildman–Crippen MR) is 76.6 cm³/mol. The zero-order valence-corrected chi connectivity index (χ0v) is 11.2. The molecular weight excluding hydrogens is 259 g/mol. The molecule has 3 N–H and O–H groups in total. The topological polar surface area (TPSA) is 64.3 Å². The van der Waals surface area contributed by atoms with Gasteiger partial charge in [-0.1, -0.05) is 12.1 Å². The number of hydrogen-bond acceptors (Lipinski definition) is 4. The number of carbonyl (C=O) groups is 1. The lowest BCUT2D eigenvalue weighted by Crippen LogP contribution is -2.08. The first-order valence-corrected chi connectivity index (χ1v) is 6.03. The number of nitrogens with two attached hydrogens (primary N) is 1. The number of hydrogen-bond donors (Lipinski definition) is 2. The quantitative estimate of drug-likeness (QED) is 0.666. The molecule has 0 fully saturated rings. The van der Waals surface area contributed by atoms with Crippen LogP contribution in [0.3, 0.4) is 0 Å². The predicted octanol–water partition coefficient (Wildman–Crippen LogP) is 3.25. The lowest BCUT2D eigenvalue weighted by molar-refractivity contribution is 0.0602. The number of rotatable bonds is 3. The highest BCUT2D eigenvalue weighted by Crippen LogP contribution is 2.29. The number of carbonyl (C=O) groups excluding carboxylic acids is 1. The van der Waals surface area contributed by atoms with Crippen LogP contribution in [0.5, 0.6) is 0 Å². The number of ether oxygens (including phenoxy) is 1. The van der Waals surface area contributed by atoms with Crippen molar-refractivity contribution in [2.75, 3.05) is 18.2 Å². The lowest BCUT2D eigenvalue weighted by atomic mass is 10.1. The second kappa shape index (κ2) is 5.61. The van der Waals surface area contributed by atoms with Crippen LogP contribution in [0.1, 0.15) is 15.9 Å². The Morgan fingerprint density at radius 2 is 2.05 bits per heavy atom. The van der Waals surface area contributed by atoms with E-state index in [2.05, 4.69) is 5.32 Å². The molecule has 0 heterocycles. The summed E-state index contributed by atoms with van der Waals surface area (Å²) in [4.78, 5) is 11.7. The van der Waals surface area contributed by atoms with E-state index in [1.54, 1.807) is 37.3 Å². The van der Waals surface area contributed by atoms with E-state index < -0.39 is 11.8 Å². The molecule has 104 valence electrons. The Labute approximate surface area is 116 Å². The highest BCUT2D eigenvalue weighted by molar-refractivity contribution is 5.99. The maximum absolute atomic E-state index is 13.9. The number of nitrogen functional groups attached to an aromatic ring is 1. The first kappa shape index (κ1) is 13.9. The maximum Gasteiger partial charge on any atom is 0.340 e. The van der Waals surface area contributed by atoms with E-state index >= 15 is 0 Å². The molecule has 0 unspecified atom stereocenters. The van der Waals surface area contributed by atoms with Gasteiger partial charge in [0.1, 0.15) is 5.82 Å². The van der Waals surface area contributed by atoms with E-state index in [9.17, 15) is 9.18 Å². The fraction of sp³-hybridized carbons (Fsp3) is 0.133. The zero-order valence-electron chi connectivity index (χ0n) is 11.2. The lowest BCUT2D eigenvalue weighted by Gasteiger charge is -2.14. The number of para-hydroxylation sites is 1. The number of nitrogens with one attached hydrogen (secondary N) is 1. The van der Waals surface area contributed by atoms with Gasteiger partial charge >= 0.3 is 5.97 Å². The van der Waals surface area contributed by atoms with Gasteiger partial charge in [0.15, 0.2) is 0 Å². The third kappa shape index (κ3) is 2.71. The molecular formula is C15H15FN2O2. The van der Waals surface area contributed by atoms with Crippen LogP contribution in [0, 0.1) is 12.7 Å². The Morgan fingerprint density at radius 3 is 2.70 bits per heavy atom. The van der Waals surface area contributed by atoms with Gasteiger partial charge in [-0.15, -0.1) is 0 Å². The summed E-state index contributed by atoms with van der Waals surface area (Å²) in [6.45, 7) is 1.80. The summed E-state index contributed by atoms with van der Waals surface area (Å²) in [5, 5.41) is 2.85. The van der Waals surface area contributed by atoms with Crippen molar-refractivity contribution < 1.29 is 13.9 Å². The second-order valence-electron chi connectivity index (χ2n) is 4.37. The highest BCUT2D eigenvalue weighted by atomic mass is 19.1. The fourth-order valence-corrected chi connectivity index (χ4v) is 1.85. The van der Waals surface area contributed by atoms with Crippen LogP contribution >= 0.6 is 0 Å². The van der Waals surface area contributed by atoms with E-state index in [1.807, 2.05) is 0 Å². The van der Waals surface area contributed by atoms with Crippen LogP contribution < -0.4 is 11.1 Å². The Hall–Kier alpha value is -2.56. The van der Waals surface area contributed by atoms with Crippen LogP contribution in [-0.2, 0) is 4.74 Å². The largest absolute Gasteiger partial charge is 0.465 e. The Morgan fingerprint density at radius 1 is 1.30 bits per heavy atom. The number of methoxy groups -OCH3 is 1. The number of anilines is 3. The molecule has 0 spiro atoms. The minimum absolute atomic E-state index is 0.249. The van der Waals surface area contributed by atoms with Gasteiger partial charge in [0, 0.05) is 0 Å². The monoisotopic (exact) mass is 274 g/mol. The van der Waals surface area contributed by atoms with Crippen molar-refractivity contribution in [3.05, 3.63) is 53.3 Å². The van der Waals surface area contributed by atoms with Crippen molar-refractivity contribution in [2.24, 2.45) is 0 Å². The zero-order chi connectivity index (χ0) is 14.7. The Kier molecular flexibility index (Phi) is 3.89. The van der Waals surface area contributed by atoms with Crippen molar-refractivity contribution in [3.8, 4) is 0 Å². The molecule has 2 rings (SSSR count). The number of halogens is 1. The van der Waals surface area contributed by atoms with Crippen LogP contribution in [0.4, 0.5) is 21.5 Å². The normalized spacial score (nSPS) is 10.2. The van der Waals surface area contributed by atoms with Crippen LogP contribution in [0.25, 0.3) is 0 Å². The molecule has 0 saturated heterocycles. The molecule has 0 bridgehead atoms. The van der Waals surface area contributed by atoms with Crippen molar-refractivity contribution >= 4 is 23.0 Å². The summed E-state index contributed by atoms with van der Waals surface area (Å²) in [6, 6.07) is 9.59. The fourth-order valence-electron chi connectivity index (χ4n) is 1.85. The van der Waals surface area contributed by atoms with E-state index in [1.165, 1.54) is 13.2 Å². The van der Waals surface area contributed by atoms with E-state index in [4.69, 9.17) is 10.5 Å². The van der Waals surface area contributed by atoms with Crippen molar-refractivity contribution in [1.82, 2.24) is 0 Å². The average molecular weight is 274 g/mol. The van der Waals surface area contributed by atoms with Gasteiger partial charge in [-0.2, -0.15) is 0 Å². The summed E-state index contributed by atoms with van der Waals surface area (Å²) >= 11 is 0. The average Bonchev–Trinajstić information content (AvgIpc) is 2.42. The molecule has 4 nitrogen and oxygen atoms in total. The first-order chi connectivity index (χ1) is 9.52. The molecule has 2 aromatic rings. The Balaban J connectivity index is 2.45. The van der Waals surface area contributed by atoms with Gasteiger partial charge in [-0.05, 0) is 36.8 Å². The molecule has 5 heteroatoms. The first-order valence-electron chi connectivity index (χ1n) is 6.03.